The molecule has 0 aromatic heterocycles. The van der Waals surface area contributed by atoms with Crippen LogP contribution in [0, 0.1) is 0 Å². The fourth-order valence-electron chi connectivity index (χ4n) is 2.29. The van der Waals surface area contributed by atoms with Crippen molar-refractivity contribution in [3.05, 3.63) is 42.0 Å². The summed E-state index contributed by atoms with van der Waals surface area (Å²) in [5, 5.41) is 20.1. The highest BCUT2D eigenvalue weighted by Crippen LogP contribution is 2.43. The Bertz CT molecular complexity index is 579. The molecule has 0 aliphatic rings. The summed E-state index contributed by atoms with van der Waals surface area (Å²) in [6.07, 6.45) is 0.534. The molecule has 4 nitrogen and oxygen atoms in total. The average Bonchev–Trinajstić information content (AvgIpc) is 2.45. The highest BCUT2D eigenvalue weighted by atomic mass is 16.5. The van der Waals surface area contributed by atoms with Crippen LogP contribution in [0.4, 0.5) is 0 Å². The molecule has 0 saturated carbocycles. The van der Waals surface area contributed by atoms with E-state index in [0.29, 0.717) is 24.3 Å². The van der Waals surface area contributed by atoms with Gasteiger partial charge in [-0.2, -0.15) is 0 Å². The van der Waals surface area contributed by atoms with Gasteiger partial charge < -0.3 is 19.7 Å². The van der Waals surface area contributed by atoms with Crippen LogP contribution in [0.3, 0.4) is 0 Å². The van der Waals surface area contributed by atoms with E-state index in [4.69, 9.17) is 9.47 Å². The first-order chi connectivity index (χ1) is 9.69. The Morgan fingerprint density at radius 3 is 2.30 bits per heavy atom. The summed E-state index contributed by atoms with van der Waals surface area (Å²) in [5.41, 5.74) is 2.27. The van der Waals surface area contributed by atoms with Gasteiger partial charge in [0, 0.05) is 30.7 Å². The third-order valence-corrected chi connectivity index (χ3v) is 3.16. The third-order valence-electron chi connectivity index (χ3n) is 3.16. The molecule has 106 valence electrons. The number of hydrogen-bond donors (Lipinski definition) is 2. The Morgan fingerprint density at radius 2 is 1.70 bits per heavy atom. The zero-order chi connectivity index (χ0) is 14.5. The lowest BCUT2D eigenvalue weighted by Crippen LogP contribution is -2.01. The number of phenolic OH excluding ortho intramolecular Hbond substituents is 2. The molecule has 2 aromatic carbocycles. The van der Waals surface area contributed by atoms with Crippen molar-refractivity contribution in [2.24, 2.45) is 0 Å². The van der Waals surface area contributed by atoms with Gasteiger partial charge in [-0.3, -0.25) is 0 Å². The fourth-order valence-corrected chi connectivity index (χ4v) is 2.29. The molecule has 0 radical (unpaired) electrons. The maximum absolute atomic E-state index is 10.2. The molecule has 0 aliphatic carbocycles. The van der Waals surface area contributed by atoms with Gasteiger partial charge in [0.15, 0.2) is 11.5 Å². The number of benzene rings is 2. The van der Waals surface area contributed by atoms with Gasteiger partial charge in [-0.1, -0.05) is 30.3 Å². The van der Waals surface area contributed by atoms with E-state index in [9.17, 15) is 10.2 Å². The van der Waals surface area contributed by atoms with Gasteiger partial charge in [0.2, 0.25) is 0 Å². The lowest BCUT2D eigenvalue weighted by Gasteiger charge is -2.17. The quantitative estimate of drug-likeness (QED) is 0.880. The first-order valence-corrected chi connectivity index (χ1v) is 6.35. The Morgan fingerprint density at radius 1 is 1.00 bits per heavy atom. The highest BCUT2D eigenvalue weighted by molar-refractivity contribution is 5.78. The number of hydrogen-bond acceptors (Lipinski definition) is 4. The molecular formula is C16H18O4. The second kappa shape index (κ2) is 6.30. The van der Waals surface area contributed by atoms with Crippen molar-refractivity contribution in [1.82, 2.24) is 0 Å². The Balaban J connectivity index is 2.64. The predicted molar refractivity (Wildman–Crippen MR) is 77.3 cm³/mol. The molecule has 4 heteroatoms. The molecule has 0 amide bonds. The summed E-state index contributed by atoms with van der Waals surface area (Å²) >= 11 is 0. The smallest absolute Gasteiger partial charge is 0.164 e. The molecule has 0 fully saturated rings. The van der Waals surface area contributed by atoms with E-state index in [1.54, 1.807) is 7.11 Å². The summed E-state index contributed by atoms with van der Waals surface area (Å²) < 4.78 is 10.4. The topological polar surface area (TPSA) is 58.9 Å². The number of aromatic hydroxyl groups is 2. The number of methoxy groups -OCH3 is 2. The highest BCUT2D eigenvalue weighted by Gasteiger charge is 2.19. The fraction of sp³-hybridized carbons (Fsp3) is 0.250. The van der Waals surface area contributed by atoms with E-state index in [0.717, 1.165) is 11.1 Å². The summed E-state index contributed by atoms with van der Waals surface area (Å²) in [4.78, 5) is 0. The minimum absolute atomic E-state index is 0.0283. The zero-order valence-electron chi connectivity index (χ0n) is 11.6. The molecule has 20 heavy (non-hydrogen) atoms. The first-order valence-electron chi connectivity index (χ1n) is 6.35. The van der Waals surface area contributed by atoms with E-state index < -0.39 is 0 Å². The molecule has 0 spiro atoms. The molecule has 0 atom stereocenters. The van der Waals surface area contributed by atoms with E-state index in [1.807, 2.05) is 30.3 Å². The Hall–Kier alpha value is -2.20. The summed E-state index contributed by atoms with van der Waals surface area (Å²) in [6, 6.07) is 10.8. The molecular weight excluding hydrogens is 256 g/mol. The van der Waals surface area contributed by atoms with Crippen LogP contribution in [-0.4, -0.2) is 31.0 Å². The van der Waals surface area contributed by atoms with Gasteiger partial charge in [-0.15, -0.1) is 0 Å². The van der Waals surface area contributed by atoms with Gasteiger partial charge in [-0.05, 0) is 5.56 Å². The van der Waals surface area contributed by atoms with Crippen molar-refractivity contribution in [1.29, 1.82) is 0 Å². The summed E-state index contributed by atoms with van der Waals surface area (Å²) in [5.74, 6) is 0.329. The maximum Gasteiger partial charge on any atom is 0.164 e. The SMILES string of the molecule is COCCc1c(OC)c(O)cc(O)c1-c1ccccc1. The van der Waals surface area contributed by atoms with Crippen molar-refractivity contribution in [3.63, 3.8) is 0 Å². The summed E-state index contributed by atoms with van der Waals surface area (Å²) in [6.45, 7) is 0.471. The first kappa shape index (κ1) is 14.2. The van der Waals surface area contributed by atoms with Crippen LogP contribution in [0.2, 0.25) is 0 Å². The monoisotopic (exact) mass is 274 g/mol. The van der Waals surface area contributed by atoms with Gasteiger partial charge in [0.05, 0.1) is 13.7 Å². The average molecular weight is 274 g/mol. The second-order valence-corrected chi connectivity index (χ2v) is 4.41. The molecule has 0 bridgehead atoms. The minimum atomic E-state index is -0.0733. The van der Waals surface area contributed by atoms with Crippen LogP contribution < -0.4 is 4.74 Å². The maximum atomic E-state index is 10.2. The number of ether oxygens (including phenoxy) is 2. The minimum Gasteiger partial charge on any atom is -0.507 e. The predicted octanol–water partition coefficient (Wildman–Crippen LogP) is 2.96. The van der Waals surface area contributed by atoms with E-state index in [2.05, 4.69) is 0 Å². The Kier molecular flexibility index (Phi) is 4.48. The van der Waals surface area contributed by atoms with Gasteiger partial charge in [0.1, 0.15) is 5.75 Å². The third kappa shape index (κ3) is 2.70. The van der Waals surface area contributed by atoms with E-state index in [1.165, 1.54) is 13.2 Å². The van der Waals surface area contributed by atoms with Crippen molar-refractivity contribution in [2.75, 3.05) is 20.8 Å². The molecule has 0 saturated heterocycles. The van der Waals surface area contributed by atoms with Crippen LogP contribution in [0.5, 0.6) is 17.2 Å². The van der Waals surface area contributed by atoms with Crippen LogP contribution in [-0.2, 0) is 11.2 Å². The zero-order valence-corrected chi connectivity index (χ0v) is 11.6. The van der Waals surface area contributed by atoms with Crippen LogP contribution in [0.1, 0.15) is 5.56 Å². The van der Waals surface area contributed by atoms with Crippen molar-refractivity contribution < 1.29 is 19.7 Å². The molecule has 2 N–H and O–H groups in total. The number of phenols is 2. The molecule has 2 aromatic rings. The molecule has 0 heterocycles. The van der Waals surface area contributed by atoms with Crippen LogP contribution in [0.15, 0.2) is 36.4 Å². The summed E-state index contributed by atoms with van der Waals surface area (Å²) in [7, 11) is 3.11. The van der Waals surface area contributed by atoms with Crippen molar-refractivity contribution in [3.8, 4) is 28.4 Å². The lowest BCUT2D eigenvalue weighted by atomic mass is 9.95. The largest absolute Gasteiger partial charge is 0.507 e. The van der Waals surface area contributed by atoms with Crippen LogP contribution in [0.25, 0.3) is 11.1 Å². The molecule has 2 rings (SSSR count). The van der Waals surface area contributed by atoms with Gasteiger partial charge >= 0.3 is 0 Å². The van der Waals surface area contributed by atoms with Crippen molar-refractivity contribution >= 4 is 0 Å². The van der Waals surface area contributed by atoms with E-state index in [-0.39, 0.29) is 11.5 Å². The molecule has 0 unspecified atom stereocenters. The second-order valence-electron chi connectivity index (χ2n) is 4.41. The van der Waals surface area contributed by atoms with Gasteiger partial charge in [-0.25, -0.2) is 0 Å². The standard InChI is InChI=1S/C16H18O4/c1-19-9-8-12-15(11-6-4-3-5-7-11)13(17)10-14(18)16(12)20-2/h3-7,10,17-18H,8-9H2,1-2H3. The normalized spacial score (nSPS) is 10.5. The molecule has 0 aliphatic heterocycles. The van der Waals surface area contributed by atoms with Gasteiger partial charge in [0.25, 0.3) is 0 Å². The van der Waals surface area contributed by atoms with Crippen LogP contribution >= 0.6 is 0 Å². The van der Waals surface area contributed by atoms with E-state index >= 15 is 0 Å². The Labute approximate surface area is 118 Å². The van der Waals surface area contributed by atoms with Crippen molar-refractivity contribution in [2.45, 2.75) is 6.42 Å². The lowest BCUT2D eigenvalue weighted by molar-refractivity contribution is 0.201. The number of rotatable bonds is 5.